The molecule has 2 amide bonds. The average molecular weight is 351 g/mol. The standard InChI is InChI=1S/C16H21N3O4S/c17-24(22,23)14-5-1-11(2-6-14)7-8-19-10-12(9-15(19)20)16(21)18-13-3-4-13/h1-2,5-6,12-13H,3-4,7-10H2,(H,18,21)(H2,17,22,23). The summed E-state index contributed by atoms with van der Waals surface area (Å²) in [4.78, 5) is 25.9. The summed E-state index contributed by atoms with van der Waals surface area (Å²) in [6.07, 6.45) is 2.94. The molecule has 2 aliphatic rings. The van der Waals surface area contributed by atoms with E-state index in [0.29, 0.717) is 25.6 Å². The largest absolute Gasteiger partial charge is 0.353 e. The van der Waals surface area contributed by atoms with Gasteiger partial charge in [0, 0.05) is 25.6 Å². The Bertz CT molecular complexity index is 741. The molecule has 0 radical (unpaired) electrons. The minimum atomic E-state index is -3.69. The maximum Gasteiger partial charge on any atom is 0.238 e. The molecule has 1 heterocycles. The van der Waals surface area contributed by atoms with Crippen molar-refractivity contribution in [1.29, 1.82) is 0 Å². The van der Waals surface area contributed by atoms with Crippen molar-refractivity contribution in [3.05, 3.63) is 29.8 Å². The third kappa shape index (κ3) is 4.12. The Labute approximate surface area is 141 Å². The lowest BCUT2D eigenvalue weighted by Crippen LogP contribution is -2.34. The van der Waals surface area contributed by atoms with Crippen molar-refractivity contribution < 1.29 is 18.0 Å². The first-order valence-corrected chi connectivity index (χ1v) is 9.57. The summed E-state index contributed by atoms with van der Waals surface area (Å²) in [5, 5.41) is 8.01. The molecule has 2 fully saturated rings. The van der Waals surface area contributed by atoms with Gasteiger partial charge in [-0.2, -0.15) is 0 Å². The average Bonchev–Trinajstić information content (AvgIpc) is 3.25. The van der Waals surface area contributed by atoms with Crippen LogP contribution in [-0.2, 0) is 26.0 Å². The number of carbonyl (C=O) groups excluding carboxylic acids is 2. The number of likely N-dealkylation sites (tertiary alicyclic amines) is 1. The van der Waals surface area contributed by atoms with Crippen molar-refractivity contribution in [2.75, 3.05) is 13.1 Å². The van der Waals surface area contributed by atoms with Gasteiger partial charge in [-0.15, -0.1) is 0 Å². The molecule has 1 aromatic rings. The molecule has 0 spiro atoms. The maximum atomic E-state index is 12.0. The lowest BCUT2D eigenvalue weighted by Gasteiger charge is -2.16. The minimum Gasteiger partial charge on any atom is -0.353 e. The third-order valence-corrected chi connectivity index (χ3v) is 5.36. The van der Waals surface area contributed by atoms with Crippen LogP contribution in [0.2, 0.25) is 0 Å². The summed E-state index contributed by atoms with van der Waals surface area (Å²) in [5.41, 5.74) is 0.918. The van der Waals surface area contributed by atoms with Crippen LogP contribution < -0.4 is 10.5 Å². The predicted molar refractivity (Wildman–Crippen MR) is 87.4 cm³/mol. The monoisotopic (exact) mass is 351 g/mol. The van der Waals surface area contributed by atoms with Crippen LogP contribution in [-0.4, -0.2) is 44.3 Å². The first-order valence-electron chi connectivity index (χ1n) is 8.03. The second-order valence-corrected chi connectivity index (χ2v) is 8.02. The number of primary sulfonamides is 1. The van der Waals surface area contributed by atoms with Crippen LogP contribution in [0.5, 0.6) is 0 Å². The number of benzene rings is 1. The molecule has 3 rings (SSSR count). The van der Waals surface area contributed by atoms with Crippen LogP contribution in [0.1, 0.15) is 24.8 Å². The summed E-state index contributed by atoms with van der Waals surface area (Å²) < 4.78 is 22.4. The molecular formula is C16H21N3O4S. The number of carbonyl (C=O) groups is 2. The van der Waals surface area contributed by atoms with Crippen LogP contribution in [0.15, 0.2) is 29.2 Å². The van der Waals surface area contributed by atoms with E-state index in [2.05, 4.69) is 5.32 Å². The van der Waals surface area contributed by atoms with Crippen molar-refractivity contribution in [3.63, 3.8) is 0 Å². The molecule has 1 unspecified atom stereocenters. The van der Waals surface area contributed by atoms with E-state index in [1.165, 1.54) is 12.1 Å². The first kappa shape index (κ1) is 16.9. The smallest absolute Gasteiger partial charge is 0.238 e. The van der Waals surface area contributed by atoms with Gasteiger partial charge in [-0.3, -0.25) is 9.59 Å². The number of hydrogen-bond acceptors (Lipinski definition) is 4. The highest BCUT2D eigenvalue weighted by atomic mass is 32.2. The number of nitrogens with zero attached hydrogens (tertiary/aromatic N) is 1. The van der Waals surface area contributed by atoms with E-state index in [9.17, 15) is 18.0 Å². The number of nitrogens with two attached hydrogens (primary N) is 1. The molecule has 130 valence electrons. The van der Waals surface area contributed by atoms with E-state index < -0.39 is 10.0 Å². The van der Waals surface area contributed by atoms with Gasteiger partial charge in [0.2, 0.25) is 21.8 Å². The first-order chi connectivity index (χ1) is 11.3. The van der Waals surface area contributed by atoms with E-state index in [1.807, 2.05) is 0 Å². The minimum absolute atomic E-state index is 0.00731. The van der Waals surface area contributed by atoms with Crippen molar-refractivity contribution in [1.82, 2.24) is 10.2 Å². The highest BCUT2D eigenvalue weighted by Gasteiger charge is 2.36. The molecule has 7 nitrogen and oxygen atoms in total. The van der Waals surface area contributed by atoms with Crippen molar-refractivity contribution in [3.8, 4) is 0 Å². The quantitative estimate of drug-likeness (QED) is 0.752. The van der Waals surface area contributed by atoms with Gasteiger partial charge in [0.1, 0.15) is 0 Å². The van der Waals surface area contributed by atoms with Gasteiger partial charge in [0.05, 0.1) is 10.8 Å². The van der Waals surface area contributed by atoms with E-state index in [4.69, 9.17) is 5.14 Å². The summed E-state index contributed by atoms with van der Waals surface area (Å²) in [6.45, 7) is 0.966. The molecule has 8 heteroatoms. The molecule has 1 aromatic carbocycles. The second kappa shape index (κ2) is 6.52. The fourth-order valence-electron chi connectivity index (χ4n) is 2.82. The summed E-state index contributed by atoms with van der Waals surface area (Å²) >= 11 is 0. The van der Waals surface area contributed by atoms with Crippen molar-refractivity contribution >= 4 is 21.8 Å². The molecule has 0 aromatic heterocycles. The Morgan fingerprint density at radius 1 is 1.25 bits per heavy atom. The lowest BCUT2D eigenvalue weighted by molar-refractivity contribution is -0.129. The number of sulfonamides is 1. The molecule has 1 atom stereocenters. The topological polar surface area (TPSA) is 110 Å². The number of rotatable bonds is 6. The van der Waals surface area contributed by atoms with E-state index >= 15 is 0 Å². The Morgan fingerprint density at radius 3 is 2.50 bits per heavy atom. The van der Waals surface area contributed by atoms with Gasteiger partial charge in [0.15, 0.2) is 0 Å². The third-order valence-electron chi connectivity index (χ3n) is 4.43. The van der Waals surface area contributed by atoms with Crippen molar-refractivity contribution in [2.24, 2.45) is 11.1 Å². The van der Waals surface area contributed by atoms with Crippen molar-refractivity contribution in [2.45, 2.75) is 36.6 Å². The number of amides is 2. The van der Waals surface area contributed by atoms with Crippen LogP contribution in [0.4, 0.5) is 0 Å². The SMILES string of the molecule is NS(=O)(=O)c1ccc(CCN2CC(C(=O)NC3CC3)CC2=O)cc1. The van der Waals surface area contributed by atoms with Gasteiger partial charge in [-0.05, 0) is 37.0 Å². The van der Waals surface area contributed by atoms with Crippen LogP contribution in [0.3, 0.4) is 0 Å². The van der Waals surface area contributed by atoms with Gasteiger partial charge < -0.3 is 10.2 Å². The van der Waals surface area contributed by atoms with Gasteiger partial charge in [0.25, 0.3) is 0 Å². The number of nitrogens with one attached hydrogen (secondary N) is 1. The second-order valence-electron chi connectivity index (χ2n) is 6.46. The molecule has 1 aliphatic carbocycles. The van der Waals surface area contributed by atoms with Crippen LogP contribution in [0, 0.1) is 5.92 Å². The Hall–Kier alpha value is -1.93. The molecule has 24 heavy (non-hydrogen) atoms. The molecule has 1 saturated carbocycles. The Morgan fingerprint density at radius 2 is 1.92 bits per heavy atom. The molecule has 0 bridgehead atoms. The predicted octanol–water partition coefficient (Wildman–Crippen LogP) is 0.00360. The zero-order chi connectivity index (χ0) is 17.3. The highest BCUT2D eigenvalue weighted by Crippen LogP contribution is 2.23. The van der Waals surface area contributed by atoms with Gasteiger partial charge >= 0.3 is 0 Å². The fraction of sp³-hybridized carbons (Fsp3) is 0.500. The van der Waals surface area contributed by atoms with Gasteiger partial charge in [-0.1, -0.05) is 12.1 Å². The Kier molecular flexibility index (Phi) is 4.60. The molecule has 1 aliphatic heterocycles. The fourth-order valence-corrected chi connectivity index (χ4v) is 3.34. The maximum absolute atomic E-state index is 12.0. The van der Waals surface area contributed by atoms with E-state index in [-0.39, 0.29) is 29.0 Å². The van der Waals surface area contributed by atoms with Crippen LogP contribution in [0.25, 0.3) is 0 Å². The zero-order valence-corrected chi connectivity index (χ0v) is 14.1. The lowest BCUT2D eigenvalue weighted by atomic mass is 10.1. The molecule has 1 saturated heterocycles. The normalized spacial score (nSPS) is 21.1. The van der Waals surface area contributed by atoms with E-state index in [0.717, 1.165) is 18.4 Å². The summed E-state index contributed by atoms with van der Waals surface area (Å²) in [5.74, 6) is -0.291. The number of hydrogen-bond donors (Lipinski definition) is 2. The summed E-state index contributed by atoms with van der Waals surface area (Å²) in [6, 6.07) is 6.61. The highest BCUT2D eigenvalue weighted by molar-refractivity contribution is 7.89. The molecular weight excluding hydrogens is 330 g/mol. The van der Waals surface area contributed by atoms with E-state index in [1.54, 1.807) is 17.0 Å². The van der Waals surface area contributed by atoms with Crippen LogP contribution >= 0.6 is 0 Å². The Balaban J connectivity index is 1.52. The zero-order valence-electron chi connectivity index (χ0n) is 13.3. The summed E-state index contributed by atoms with van der Waals surface area (Å²) in [7, 11) is -3.69. The van der Waals surface area contributed by atoms with Gasteiger partial charge in [-0.25, -0.2) is 13.6 Å². The molecule has 3 N–H and O–H groups in total.